The van der Waals surface area contributed by atoms with Crippen LogP contribution in [0.3, 0.4) is 0 Å². The molecule has 0 radical (unpaired) electrons. The van der Waals surface area contributed by atoms with Gasteiger partial charge in [-0.05, 0) is 19.1 Å². The van der Waals surface area contributed by atoms with Crippen molar-refractivity contribution in [2.75, 3.05) is 24.7 Å². The van der Waals surface area contributed by atoms with Crippen molar-refractivity contribution in [1.82, 2.24) is 4.90 Å². The van der Waals surface area contributed by atoms with Crippen LogP contribution in [0.4, 0.5) is 4.39 Å². The van der Waals surface area contributed by atoms with Crippen molar-refractivity contribution < 1.29 is 17.9 Å². The SMILES string of the molecule is CC1CS(=O)(=O)CCN1Cc1ccc(C#CCO)cc1F. The minimum Gasteiger partial charge on any atom is -0.384 e. The zero-order valence-corrected chi connectivity index (χ0v) is 12.7. The Balaban J connectivity index is 2.10. The highest BCUT2D eigenvalue weighted by Crippen LogP contribution is 2.18. The summed E-state index contributed by atoms with van der Waals surface area (Å²) in [6.07, 6.45) is 0. The molecule has 1 aromatic rings. The first-order chi connectivity index (χ1) is 9.91. The summed E-state index contributed by atoms with van der Waals surface area (Å²) in [6.45, 7) is 2.39. The molecule has 1 saturated heterocycles. The molecule has 4 nitrogen and oxygen atoms in total. The third-order valence-corrected chi connectivity index (χ3v) is 5.34. The summed E-state index contributed by atoms with van der Waals surface area (Å²) in [5, 5.41) is 8.62. The van der Waals surface area contributed by atoms with Gasteiger partial charge in [-0.25, -0.2) is 12.8 Å². The fourth-order valence-corrected chi connectivity index (χ4v) is 4.01. The largest absolute Gasteiger partial charge is 0.384 e. The Morgan fingerprint density at radius 1 is 1.48 bits per heavy atom. The highest BCUT2D eigenvalue weighted by molar-refractivity contribution is 7.91. The highest BCUT2D eigenvalue weighted by atomic mass is 32.2. The minimum atomic E-state index is -2.96. The first-order valence-corrected chi connectivity index (χ1v) is 8.56. The fourth-order valence-electron chi connectivity index (χ4n) is 2.38. The average Bonchev–Trinajstić information content (AvgIpc) is 2.41. The van der Waals surface area contributed by atoms with Crippen LogP contribution >= 0.6 is 0 Å². The van der Waals surface area contributed by atoms with Crippen LogP contribution in [-0.4, -0.2) is 49.1 Å². The number of sulfone groups is 1. The number of hydrogen-bond acceptors (Lipinski definition) is 4. The molecule has 0 bridgehead atoms. The van der Waals surface area contributed by atoms with E-state index < -0.39 is 9.84 Å². The van der Waals surface area contributed by atoms with E-state index in [2.05, 4.69) is 11.8 Å². The number of aliphatic hydroxyl groups excluding tert-OH is 1. The molecule has 1 heterocycles. The lowest BCUT2D eigenvalue weighted by Gasteiger charge is -2.33. The van der Waals surface area contributed by atoms with E-state index in [0.29, 0.717) is 24.2 Å². The molecule has 114 valence electrons. The van der Waals surface area contributed by atoms with Crippen molar-refractivity contribution in [3.05, 3.63) is 35.1 Å². The Morgan fingerprint density at radius 2 is 2.24 bits per heavy atom. The second kappa shape index (κ2) is 6.56. The van der Waals surface area contributed by atoms with Crippen LogP contribution in [0.15, 0.2) is 18.2 Å². The number of rotatable bonds is 2. The molecule has 0 amide bonds. The van der Waals surface area contributed by atoms with Gasteiger partial charge in [-0.15, -0.1) is 0 Å². The van der Waals surface area contributed by atoms with Crippen LogP contribution in [0.1, 0.15) is 18.1 Å². The summed E-state index contributed by atoms with van der Waals surface area (Å²) in [5.41, 5.74) is 1.04. The van der Waals surface area contributed by atoms with E-state index in [0.717, 1.165) is 0 Å². The van der Waals surface area contributed by atoms with Crippen LogP contribution in [-0.2, 0) is 16.4 Å². The molecule has 1 aromatic carbocycles. The Labute approximate surface area is 124 Å². The molecular weight excluding hydrogens is 293 g/mol. The normalized spacial score (nSPS) is 21.6. The summed E-state index contributed by atoms with van der Waals surface area (Å²) in [6, 6.07) is 4.58. The zero-order valence-electron chi connectivity index (χ0n) is 11.8. The van der Waals surface area contributed by atoms with Crippen LogP contribution in [0.25, 0.3) is 0 Å². The molecule has 1 aliphatic rings. The maximum atomic E-state index is 14.0. The molecule has 0 spiro atoms. The standard InChI is InChI=1S/C15H18FNO3S/c1-12-11-21(19,20)8-6-17(12)10-14-5-4-13(3-2-7-18)9-15(14)16/h4-5,9,12,18H,6-8,10-11H2,1H3. The second-order valence-electron chi connectivity index (χ2n) is 5.20. The van der Waals surface area contributed by atoms with Crippen LogP contribution in [0.2, 0.25) is 0 Å². The fraction of sp³-hybridized carbons (Fsp3) is 0.467. The van der Waals surface area contributed by atoms with Crippen molar-refractivity contribution in [3.63, 3.8) is 0 Å². The van der Waals surface area contributed by atoms with E-state index in [1.807, 2.05) is 11.8 Å². The van der Waals surface area contributed by atoms with Gasteiger partial charge < -0.3 is 5.11 Å². The summed E-state index contributed by atoms with van der Waals surface area (Å²) in [5.74, 6) is 5.01. The lowest BCUT2D eigenvalue weighted by atomic mass is 10.1. The number of benzene rings is 1. The number of halogens is 1. The van der Waals surface area contributed by atoms with Gasteiger partial charge in [0.05, 0.1) is 11.5 Å². The highest BCUT2D eigenvalue weighted by Gasteiger charge is 2.28. The quantitative estimate of drug-likeness (QED) is 0.821. The predicted octanol–water partition coefficient (Wildman–Crippen LogP) is 0.788. The molecular formula is C15H18FNO3S. The first-order valence-electron chi connectivity index (χ1n) is 6.74. The van der Waals surface area contributed by atoms with E-state index in [4.69, 9.17) is 5.11 Å². The summed E-state index contributed by atoms with van der Waals surface area (Å²) >= 11 is 0. The molecule has 0 saturated carbocycles. The Kier molecular flexibility index (Phi) is 4.99. The van der Waals surface area contributed by atoms with Crippen LogP contribution in [0.5, 0.6) is 0 Å². The number of aliphatic hydroxyl groups is 1. The van der Waals surface area contributed by atoms with E-state index in [1.165, 1.54) is 6.07 Å². The van der Waals surface area contributed by atoms with E-state index >= 15 is 0 Å². The third-order valence-electron chi connectivity index (χ3n) is 3.55. The topological polar surface area (TPSA) is 57.6 Å². The van der Waals surface area contributed by atoms with Gasteiger partial charge in [-0.1, -0.05) is 17.9 Å². The Hall–Kier alpha value is -1.42. The van der Waals surface area contributed by atoms with Gasteiger partial charge in [-0.3, -0.25) is 4.90 Å². The van der Waals surface area contributed by atoms with Crippen molar-refractivity contribution in [2.24, 2.45) is 0 Å². The maximum absolute atomic E-state index is 14.0. The summed E-state index contributed by atoms with van der Waals surface area (Å²) in [4.78, 5) is 1.97. The molecule has 0 aliphatic carbocycles. The number of nitrogens with zero attached hydrogens (tertiary/aromatic N) is 1. The average molecular weight is 311 g/mol. The molecule has 1 atom stereocenters. The van der Waals surface area contributed by atoms with E-state index in [1.54, 1.807) is 12.1 Å². The van der Waals surface area contributed by atoms with Gasteiger partial charge in [0.1, 0.15) is 12.4 Å². The van der Waals surface area contributed by atoms with Crippen LogP contribution in [0, 0.1) is 17.7 Å². The third kappa shape index (κ3) is 4.27. The van der Waals surface area contributed by atoms with Gasteiger partial charge in [0.2, 0.25) is 0 Å². The van der Waals surface area contributed by atoms with E-state index in [-0.39, 0.29) is 30.0 Å². The molecule has 1 aliphatic heterocycles. The molecule has 0 aromatic heterocycles. The molecule has 21 heavy (non-hydrogen) atoms. The molecule has 1 unspecified atom stereocenters. The molecule has 1 N–H and O–H groups in total. The predicted molar refractivity (Wildman–Crippen MR) is 78.9 cm³/mol. The monoisotopic (exact) mass is 311 g/mol. The van der Waals surface area contributed by atoms with Gasteiger partial charge in [-0.2, -0.15) is 0 Å². The Bertz CT molecular complexity index is 676. The lowest BCUT2D eigenvalue weighted by Crippen LogP contribution is -2.46. The molecule has 2 rings (SSSR count). The molecule has 1 fully saturated rings. The summed E-state index contributed by atoms with van der Waals surface area (Å²) < 4.78 is 37.1. The van der Waals surface area contributed by atoms with Crippen molar-refractivity contribution >= 4 is 9.84 Å². The smallest absolute Gasteiger partial charge is 0.153 e. The maximum Gasteiger partial charge on any atom is 0.153 e. The summed E-state index contributed by atoms with van der Waals surface area (Å²) in [7, 11) is -2.96. The van der Waals surface area contributed by atoms with Gasteiger partial charge in [0, 0.05) is 30.3 Å². The van der Waals surface area contributed by atoms with Gasteiger partial charge in [0.25, 0.3) is 0 Å². The van der Waals surface area contributed by atoms with Crippen molar-refractivity contribution in [2.45, 2.75) is 19.5 Å². The first kappa shape index (κ1) is 16.0. The van der Waals surface area contributed by atoms with Crippen LogP contribution < -0.4 is 0 Å². The van der Waals surface area contributed by atoms with E-state index in [9.17, 15) is 12.8 Å². The van der Waals surface area contributed by atoms with Crippen molar-refractivity contribution in [3.8, 4) is 11.8 Å². The van der Waals surface area contributed by atoms with Gasteiger partial charge >= 0.3 is 0 Å². The second-order valence-corrected chi connectivity index (χ2v) is 7.43. The zero-order chi connectivity index (χ0) is 15.5. The van der Waals surface area contributed by atoms with Crippen molar-refractivity contribution in [1.29, 1.82) is 0 Å². The molecule has 6 heteroatoms. The van der Waals surface area contributed by atoms with Gasteiger partial charge in [0.15, 0.2) is 9.84 Å². The minimum absolute atomic E-state index is 0.114. The lowest BCUT2D eigenvalue weighted by molar-refractivity contribution is 0.215. The Morgan fingerprint density at radius 3 is 2.86 bits per heavy atom. The number of hydrogen-bond donors (Lipinski definition) is 1.